The first-order valence-electron chi connectivity index (χ1n) is 11.9. The molecule has 10 heteroatoms. The van der Waals surface area contributed by atoms with Gasteiger partial charge >= 0.3 is 5.97 Å². The molecule has 0 saturated carbocycles. The third-order valence-corrected chi connectivity index (χ3v) is 5.83. The maximum absolute atomic E-state index is 15.4. The highest BCUT2D eigenvalue weighted by Gasteiger charge is 2.21. The van der Waals surface area contributed by atoms with Gasteiger partial charge in [0.2, 0.25) is 0 Å². The van der Waals surface area contributed by atoms with Crippen molar-refractivity contribution >= 4 is 17.0 Å². The second kappa shape index (κ2) is 11.5. The molecular formula is C29H24FN3O6. The molecule has 0 saturated heterocycles. The molecule has 0 radical (unpaired) electrons. The topological polar surface area (TPSA) is 93.9 Å². The number of methoxy groups -OCH3 is 2. The molecule has 39 heavy (non-hydrogen) atoms. The Morgan fingerprint density at radius 1 is 0.821 bits per heavy atom. The lowest BCUT2D eigenvalue weighted by molar-refractivity contribution is 0.0407. The minimum absolute atomic E-state index is 0.0368. The van der Waals surface area contributed by atoms with Crippen molar-refractivity contribution in [2.45, 2.75) is 13.2 Å². The Balaban J connectivity index is 1.40. The third kappa shape index (κ3) is 5.90. The Kier molecular flexibility index (Phi) is 7.53. The number of fused-ring (bicyclic) bond motifs is 1. The Hall–Kier alpha value is -5.12. The summed E-state index contributed by atoms with van der Waals surface area (Å²) in [5, 5.41) is 7.80. The van der Waals surface area contributed by atoms with E-state index in [4.69, 9.17) is 23.8 Å². The van der Waals surface area contributed by atoms with Crippen LogP contribution < -0.4 is 23.8 Å². The van der Waals surface area contributed by atoms with Gasteiger partial charge in [-0.2, -0.15) is 0 Å². The summed E-state index contributed by atoms with van der Waals surface area (Å²) in [6.07, 6.45) is 0. The van der Waals surface area contributed by atoms with Gasteiger partial charge in [-0.05, 0) is 64.9 Å². The van der Waals surface area contributed by atoms with Crippen LogP contribution in [0.15, 0.2) is 84.9 Å². The summed E-state index contributed by atoms with van der Waals surface area (Å²) >= 11 is 0. The average molecular weight is 530 g/mol. The van der Waals surface area contributed by atoms with E-state index in [1.807, 2.05) is 24.3 Å². The van der Waals surface area contributed by atoms with Crippen molar-refractivity contribution in [3.05, 3.63) is 107 Å². The van der Waals surface area contributed by atoms with Crippen LogP contribution in [0.5, 0.6) is 23.0 Å². The maximum atomic E-state index is 15.4. The molecule has 4 aromatic carbocycles. The highest BCUT2D eigenvalue weighted by Crippen LogP contribution is 2.34. The number of benzene rings is 4. The Morgan fingerprint density at radius 2 is 1.44 bits per heavy atom. The number of halogens is 1. The maximum Gasteiger partial charge on any atom is 0.366 e. The van der Waals surface area contributed by atoms with E-state index < -0.39 is 11.8 Å². The summed E-state index contributed by atoms with van der Waals surface area (Å²) in [6.45, 7) is 0.156. The number of nitrogens with zero attached hydrogens (tertiary/aromatic N) is 3. The fourth-order valence-electron chi connectivity index (χ4n) is 3.74. The van der Waals surface area contributed by atoms with Gasteiger partial charge in [-0.15, -0.1) is 5.10 Å². The lowest BCUT2D eigenvalue weighted by Crippen LogP contribution is -2.21. The predicted molar refractivity (Wildman–Crippen MR) is 139 cm³/mol. The number of carbonyl (C=O) groups is 1. The molecule has 0 spiro atoms. The molecule has 0 aliphatic carbocycles. The molecule has 0 bridgehead atoms. The largest absolute Gasteiger partial charge is 0.497 e. The van der Waals surface area contributed by atoms with E-state index in [1.165, 1.54) is 6.07 Å². The summed E-state index contributed by atoms with van der Waals surface area (Å²) in [4.78, 5) is 19.3. The van der Waals surface area contributed by atoms with Gasteiger partial charge in [-0.25, -0.2) is 9.18 Å². The first-order chi connectivity index (χ1) is 19.0. The van der Waals surface area contributed by atoms with Crippen LogP contribution >= 0.6 is 0 Å². The quantitative estimate of drug-likeness (QED) is 0.233. The minimum atomic E-state index is -0.847. The fraction of sp³-hybridized carbons (Fsp3) is 0.138. The first-order valence-corrected chi connectivity index (χ1v) is 11.9. The van der Waals surface area contributed by atoms with Gasteiger partial charge in [0.15, 0.2) is 17.3 Å². The predicted octanol–water partition coefficient (Wildman–Crippen LogP) is 5.01. The zero-order valence-electron chi connectivity index (χ0n) is 21.2. The normalized spacial score (nSPS) is 10.7. The summed E-state index contributed by atoms with van der Waals surface area (Å²) in [7, 11) is 3.15. The second-order valence-electron chi connectivity index (χ2n) is 8.39. The highest BCUT2D eigenvalue weighted by molar-refractivity contribution is 5.91. The van der Waals surface area contributed by atoms with E-state index in [9.17, 15) is 4.79 Å². The van der Waals surface area contributed by atoms with Crippen LogP contribution in [0.1, 0.15) is 21.5 Å². The molecule has 1 heterocycles. The van der Waals surface area contributed by atoms with Crippen molar-refractivity contribution in [1.29, 1.82) is 0 Å². The molecular weight excluding hydrogens is 505 g/mol. The van der Waals surface area contributed by atoms with Crippen LogP contribution in [-0.2, 0) is 13.2 Å². The number of carbonyl (C=O) groups excluding carboxylic acids is 1. The standard InChI is InChI=1S/C29H24FN3O6/c1-35-22-11-7-19(8-12-22)17-37-27-16-21(29(34)39-33-26-6-4-3-5-25(26)31-32-33)15-24(30)28(27)38-18-20-9-13-23(36-2)14-10-20/h3-16H,17-18H2,1-2H3. The van der Waals surface area contributed by atoms with Gasteiger partial charge in [0.25, 0.3) is 0 Å². The lowest BCUT2D eigenvalue weighted by Gasteiger charge is -2.15. The summed E-state index contributed by atoms with van der Waals surface area (Å²) in [5.74, 6) is -0.348. The molecule has 198 valence electrons. The number of rotatable bonds is 10. The van der Waals surface area contributed by atoms with E-state index in [-0.39, 0.29) is 30.3 Å². The van der Waals surface area contributed by atoms with Crippen LogP contribution in [0.4, 0.5) is 4.39 Å². The SMILES string of the molecule is COc1ccc(COc2cc(C(=O)On3nnc4ccccc43)cc(F)c2OCc2ccc(OC)cc2)cc1. The Bertz CT molecular complexity index is 1590. The number of aromatic nitrogens is 3. The molecule has 5 rings (SSSR count). The Morgan fingerprint density at radius 3 is 2.08 bits per heavy atom. The van der Waals surface area contributed by atoms with E-state index in [2.05, 4.69) is 10.3 Å². The zero-order valence-corrected chi connectivity index (χ0v) is 21.2. The van der Waals surface area contributed by atoms with Crippen molar-refractivity contribution in [1.82, 2.24) is 15.2 Å². The van der Waals surface area contributed by atoms with Crippen LogP contribution in [0, 0.1) is 5.82 Å². The van der Waals surface area contributed by atoms with Crippen LogP contribution in [0.2, 0.25) is 0 Å². The molecule has 5 aromatic rings. The molecule has 0 amide bonds. The van der Waals surface area contributed by atoms with Gasteiger partial charge in [-0.1, -0.05) is 41.2 Å². The second-order valence-corrected chi connectivity index (χ2v) is 8.39. The number of hydrogen-bond acceptors (Lipinski definition) is 8. The summed E-state index contributed by atoms with van der Waals surface area (Å²) in [5.41, 5.74) is 2.54. The van der Waals surface area contributed by atoms with E-state index in [0.717, 1.165) is 22.0 Å². The monoisotopic (exact) mass is 529 g/mol. The molecule has 0 unspecified atom stereocenters. The van der Waals surface area contributed by atoms with Gasteiger partial charge in [0.05, 0.1) is 19.8 Å². The first kappa shape index (κ1) is 25.5. The number of hydrogen-bond donors (Lipinski definition) is 0. The fourth-order valence-corrected chi connectivity index (χ4v) is 3.74. The highest BCUT2D eigenvalue weighted by atomic mass is 19.1. The lowest BCUT2D eigenvalue weighted by atomic mass is 10.2. The van der Waals surface area contributed by atoms with Crippen molar-refractivity contribution in [2.24, 2.45) is 0 Å². The van der Waals surface area contributed by atoms with E-state index in [0.29, 0.717) is 22.5 Å². The van der Waals surface area contributed by atoms with E-state index in [1.54, 1.807) is 62.8 Å². The molecule has 9 nitrogen and oxygen atoms in total. The number of ether oxygens (including phenoxy) is 4. The minimum Gasteiger partial charge on any atom is -0.497 e. The van der Waals surface area contributed by atoms with Gasteiger partial charge in [0.1, 0.15) is 35.7 Å². The molecule has 0 atom stereocenters. The van der Waals surface area contributed by atoms with Crippen LogP contribution in [0.3, 0.4) is 0 Å². The van der Waals surface area contributed by atoms with Crippen LogP contribution in [0.25, 0.3) is 11.0 Å². The van der Waals surface area contributed by atoms with Crippen molar-refractivity contribution in [3.63, 3.8) is 0 Å². The Labute approximate surface area is 223 Å². The summed E-state index contributed by atoms with van der Waals surface area (Å²) < 4.78 is 37.5. The smallest absolute Gasteiger partial charge is 0.366 e. The van der Waals surface area contributed by atoms with E-state index >= 15 is 4.39 Å². The molecule has 0 N–H and O–H groups in total. The van der Waals surface area contributed by atoms with Crippen molar-refractivity contribution in [2.75, 3.05) is 14.2 Å². The van der Waals surface area contributed by atoms with Gasteiger partial charge in [-0.3, -0.25) is 0 Å². The van der Waals surface area contributed by atoms with Gasteiger partial charge < -0.3 is 23.8 Å². The van der Waals surface area contributed by atoms with Crippen molar-refractivity contribution < 1.29 is 33.0 Å². The molecule has 0 fully saturated rings. The van der Waals surface area contributed by atoms with Crippen LogP contribution in [-0.4, -0.2) is 35.3 Å². The molecule has 0 aliphatic heterocycles. The molecule has 1 aromatic heterocycles. The number of para-hydroxylation sites is 1. The van der Waals surface area contributed by atoms with Gasteiger partial charge in [0, 0.05) is 0 Å². The average Bonchev–Trinajstić information content (AvgIpc) is 3.38. The zero-order chi connectivity index (χ0) is 27.2. The summed E-state index contributed by atoms with van der Waals surface area (Å²) in [6, 6.07) is 23.8. The third-order valence-electron chi connectivity index (χ3n) is 5.83. The van der Waals surface area contributed by atoms with Crippen molar-refractivity contribution in [3.8, 4) is 23.0 Å². The molecule has 0 aliphatic rings.